The van der Waals surface area contributed by atoms with Crippen molar-refractivity contribution in [2.75, 3.05) is 6.61 Å². The van der Waals surface area contributed by atoms with Gasteiger partial charge in [0.25, 0.3) is 0 Å². The number of benzene rings is 1. The van der Waals surface area contributed by atoms with Gasteiger partial charge in [-0.3, -0.25) is 0 Å². The molecule has 6 heteroatoms. The molecule has 1 aromatic heterocycles. The van der Waals surface area contributed by atoms with E-state index in [2.05, 4.69) is 22.4 Å². The zero-order valence-electron chi connectivity index (χ0n) is 11.9. The molecule has 2 heterocycles. The first-order chi connectivity index (χ1) is 10.2. The summed E-state index contributed by atoms with van der Waals surface area (Å²) < 4.78 is 11.3. The summed E-state index contributed by atoms with van der Waals surface area (Å²) in [5.41, 5.74) is 0.755. The summed E-state index contributed by atoms with van der Waals surface area (Å²) in [5.74, 6) is 0.997. The lowest BCUT2D eigenvalue weighted by Gasteiger charge is -2.18. The molecular weight excluding hydrogens is 290 g/mol. The molecule has 0 radical (unpaired) electrons. The SMILES string of the molecule is C[C@H](NCc1nnc(-c2ccccc2Cl)o1)[C@@H]1CCCO1. The van der Waals surface area contributed by atoms with Crippen LogP contribution in [0.3, 0.4) is 0 Å². The van der Waals surface area contributed by atoms with Crippen LogP contribution in [0.1, 0.15) is 25.7 Å². The molecule has 112 valence electrons. The quantitative estimate of drug-likeness (QED) is 0.920. The molecule has 1 aliphatic rings. The van der Waals surface area contributed by atoms with Crippen LogP contribution in [0.4, 0.5) is 0 Å². The number of ether oxygens (including phenoxy) is 1. The number of nitrogens with zero attached hydrogens (tertiary/aromatic N) is 2. The second kappa shape index (κ2) is 6.56. The zero-order chi connectivity index (χ0) is 14.7. The fraction of sp³-hybridized carbons (Fsp3) is 0.467. The first kappa shape index (κ1) is 14.5. The minimum Gasteiger partial charge on any atom is -0.419 e. The van der Waals surface area contributed by atoms with E-state index in [9.17, 15) is 0 Å². The lowest BCUT2D eigenvalue weighted by atomic mass is 10.1. The molecule has 5 nitrogen and oxygen atoms in total. The molecule has 1 fully saturated rings. The van der Waals surface area contributed by atoms with E-state index >= 15 is 0 Å². The molecular formula is C15H18ClN3O2. The molecule has 2 aromatic rings. The van der Waals surface area contributed by atoms with E-state index in [0.29, 0.717) is 23.3 Å². The zero-order valence-corrected chi connectivity index (χ0v) is 12.6. The van der Waals surface area contributed by atoms with Gasteiger partial charge in [-0.05, 0) is 31.9 Å². The molecule has 1 saturated heterocycles. The van der Waals surface area contributed by atoms with Crippen LogP contribution in [0.5, 0.6) is 0 Å². The van der Waals surface area contributed by atoms with Crippen LogP contribution in [0, 0.1) is 0 Å². The number of hydrogen-bond acceptors (Lipinski definition) is 5. The third-order valence-electron chi connectivity index (χ3n) is 3.67. The predicted molar refractivity (Wildman–Crippen MR) is 80.0 cm³/mol. The highest BCUT2D eigenvalue weighted by Gasteiger charge is 2.22. The highest BCUT2D eigenvalue weighted by molar-refractivity contribution is 6.33. The van der Waals surface area contributed by atoms with Gasteiger partial charge < -0.3 is 14.5 Å². The maximum absolute atomic E-state index is 6.12. The Hall–Kier alpha value is -1.43. The van der Waals surface area contributed by atoms with Gasteiger partial charge in [0.1, 0.15) is 0 Å². The van der Waals surface area contributed by atoms with Crippen LogP contribution in [0.25, 0.3) is 11.5 Å². The summed E-state index contributed by atoms with van der Waals surface area (Å²) in [6.45, 7) is 3.49. The van der Waals surface area contributed by atoms with E-state index in [-0.39, 0.29) is 12.1 Å². The molecule has 21 heavy (non-hydrogen) atoms. The number of rotatable bonds is 5. The van der Waals surface area contributed by atoms with Crippen molar-refractivity contribution in [2.45, 2.75) is 38.5 Å². The molecule has 1 aromatic carbocycles. The normalized spacial score (nSPS) is 19.8. The fourth-order valence-corrected chi connectivity index (χ4v) is 2.66. The molecule has 2 atom stereocenters. The maximum atomic E-state index is 6.12. The van der Waals surface area contributed by atoms with E-state index in [1.165, 1.54) is 0 Å². The lowest BCUT2D eigenvalue weighted by molar-refractivity contribution is 0.0824. The van der Waals surface area contributed by atoms with E-state index in [1.807, 2.05) is 18.2 Å². The fourth-order valence-electron chi connectivity index (χ4n) is 2.45. The Balaban J connectivity index is 1.61. The number of nitrogens with one attached hydrogen (secondary N) is 1. The third-order valence-corrected chi connectivity index (χ3v) is 4.00. The van der Waals surface area contributed by atoms with Gasteiger partial charge in [0.2, 0.25) is 11.8 Å². The number of hydrogen-bond donors (Lipinski definition) is 1. The Bertz CT molecular complexity index is 596. The molecule has 0 amide bonds. The van der Waals surface area contributed by atoms with Crippen molar-refractivity contribution in [1.82, 2.24) is 15.5 Å². The summed E-state index contributed by atoms with van der Waals surface area (Å²) >= 11 is 6.12. The van der Waals surface area contributed by atoms with Crippen molar-refractivity contribution in [3.63, 3.8) is 0 Å². The van der Waals surface area contributed by atoms with Crippen molar-refractivity contribution < 1.29 is 9.15 Å². The minimum atomic E-state index is 0.267. The first-order valence-electron chi connectivity index (χ1n) is 7.16. The molecule has 0 spiro atoms. The van der Waals surface area contributed by atoms with E-state index in [4.69, 9.17) is 20.8 Å². The first-order valence-corrected chi connectivity index (χ1v) is 7.54. The highest BCUT2D eigenvalue weighted by Crippen LogP contribution is 2.26. The number of aromatic nitrogens is 2. The van der Waals surface area contributed by atoms with Gasteiger partial charge in [-0.25, -0.2) is 0 Å². The summed E-state index contributed by atoms with van der Waals surface area (Å²) in [4.78, 5) is 0. The molecule has 3 rings (SSSR count). The van der Waals surface area contributed by atoms with E-state index in [1.54, 1.807) is 6.07 Å². The Labute approximate surface area is 128 Å². The largest absolute Gasteiger partial charge is 0.419 e. The Kier molecular flexibility index (Phi) is 4.53. The Morgan fingerprint density at radius 2 is 2.24 bits per heavy atom. The van der Waals surface area contributed by atoms with Crippen LogP contribution in [-0.4, -0.2) is 29.0 Å². The average molecular weight is 308 g/mol. The molecule has 0 saturated carbocycles. The predicted octanol–water partition coefficient (Wildman–Crippen LogP) is 3.05. The van der Waals surface area contributed by atoms with Crippen LogP contribution < -0.4 is 5.32 Å². The van der Waals surface area contributed by atoms with Crippen LogP contribution in [0.2, 0.25) is 5.02 Å². The smallest absolute Gasteiger partial charge is 0.249 e. The van der Waals surface area contributed by atoms with E-state index < -0.39 is 0 Å². The van der Waals surface area contributed by atoms with Crippen molar-refractivity contribution in [1.29, 1.82) is 0 Å². The highest BCUT2D eigenvalue weighted by atomic mass is 35.5. The third kappa shape index (κ3) is 3.43. The van der Waals surface area contributed by atoms with Crippen LogP contribution >= 0.6 is 11.6 Å². The molecule has 0 unspecified atom stereocenters. The lowest BCUT2D eigenvalue weighted by Crippen LogP contribution is -2.36. The standard InChI is InChI=1S/C15H18ClN3O2/c1-10(13-7-4-8-20-13)17-9-14-18-19-15(21-14)11-5-2-3-6-12(11)16/h2-3,5-6,10,13,17H,4,7-9H2,1H3/t10-,13-/m0/s1. The Morgan fingerprint density at radius 3 is 3.00 bits per heavy atom. The van der Waals surface area contributed by atoms with Crippen LogP contribution in [0.15, 0.2) is 28.7 Å². The average Bonchev–Trinajstić information content (AvgIpc) is 3.17. The van der Waals surface area contributed by atoms with Crippen molar-refractivity contribution >= 4 is 11.6 Å². The summed E-state index contributed by atoms with van der Waals surface area (Å²) in [6, 6.07) is 7.69. The van der Waals surface area contributed by atoms with Gasteiger partial charge >= 0.3 is 0 Å². The summed E-state index contributed by atoms with van der Waals surface area (Å²) in [7, 11) is 0. The topological polar surface area (TPSA) is 60.2 Å². The van der Waals surface area contributed by atoms with Gasteiger partial charge in [-0.15, -0.1) is 10.2 Å². The second-order valence-electron chi connectivity index (χ2n) is 5.20. The minimum absolute atomic E-state index is 0.267. The van der Waals surface area contributed by atoms with Crippen molar-refractivity contribution in [2.24, 2.45) is 0 Å². The Morgan fingerprint density at radius 1 is 1.38 bits per heavy atom. The molecule has 1 aliphatic heterocycles. The summed E-state index contributed by atoms with van der Waals surface area (Å²) in [5, 5.41) is 12.1. The van der Waals surface area contributed by atoms with Crippen LogP contribution in [-0.2, 0) is 11.3 Å². The molecule has 0 aliphatic carbocycles. The van der Waals surface area contributed by atoms with Gasteiger partial charge in [0.15, 0.2) is 0 Å². The molecule has 0 bridgehead atoms. The maximum Gasteiger partial charge on any atom is 0.249 e. The van der Waals surface area contributed by atoms with E-state index in [0.717, 1.165) is 25.0 Å². The van der Waals surface area contributed by atoms with Gasteiger partial charge in [-0.2, -0.15) is 0 Å². The van der Waals surface area contributed by atoms with Gasteiger partial charge in [-0.1, -0.05) is 23.7 Å². The van der Waals surface area contributed by atoms with Gasteiger partial charge in [0.05, 0.1) is 23.2 Å². The summed E-state index contributed by atoms with van der Waals surface area (Å²) in [6.07, 6.45) is 2.51. The monoisotopic (exact) mass is 307 g/mol. The molecule has 1 N–H and O–H groups in total. The van der Waals surface area contributed by atoms with Gasteiger partial charge in [0, 0.05) is 12.6 Å². The number of halogens is 1. The van der Waals surface area contributed by atoms with Crippen molar-refractivity contribution in [3.8, 4) is 11.5 Å². The van der Waals surface area contributed by atoms with Crippen molar-refractivity contribution in [3.05, 3.63) is 35.2 Å². The second-order valence-corrected chi connectivity index (χ2v) is 5.61.